The van der Waals surface area contributed by atoms with Gasteiger partial charge in [0.2, 0.25) is 5.95 Å². The predicted molar refractivity (Wildman–Crippen MR) is 72.9 cm³/mol. The Bertz CT molecular complexity index is 548. The van der Waals surface area contributed by atoms with E-state index in [0.29, 0.717) is 6.04 Å². The van der Waals surface area contributed by atoms with Crippen LogP contribution in [0.1, 0.15) is 12.8 Å². The van der Waals surface area contributed by atoms with Gasteiger partial charge in [-0.3, -0.25) is 4.57 Å². The van der Waals surface area contributed by atoms with Crippen LogP contribution in [0.3, 0.4) is 0 Å². The second-order valence-electron chi connectivity index (χ2n) is 4.14. The zero-order chi connectivity index (χ0) is 11.8. The Morgan fingerprint density at radius 3 is 2.94 bits per heavy atom. The third-order valence-corrected chi connectivity index (χ3v) is 3.58. The molecule has 1 fully saturated rings. The molecule has 1 aromatic heterocycles. The van der Waals surface area contributed by atoms with E-state index >= 15 is 0 Å². The Hall–Kier alpha value is -1.11. The van der Waals surface area contributed by atoms with E-state index in [2.05, 4.69) is 32.9 Å². The summed E-state index contributed by atoms with van der Waals surface area (Å²) in [6, 6.07) is 5.32. The molecule has 1 saturated carbocycles. The summed E-state index contributed by atoms with van der Waals surface area (Å²) in [6.07, 6.45) is 6.05. The van der Waals surface area contributed by atoms with Crippen molar-refractivity contribution in [2.45, 2.75) is 18.9 Å². The summed E-state index contributed by atoms with van der Waals surface area (Å²) in [7, 11) is 0. The van der Waals surface area contributed by atoms with Crippen molar-refractivity contribution in [1.82, 2.24) is 9.55 Å². The van der Waals surface area contributed by atoms with E-state index < -0.39 is 0 Å². The van der Waals surface area contributed by atoms with Gasteiger partial charge >= 0.3 is 0 Å². The number of hydrogen-bond acceptors (Lipinski definition) is 2. The summed E-state index contributed by atoms with van der Waals surface area (Å²) >= 11 is 2.14. The van der Waals surface area contributed by atoms with Crippen molar-refractivity contribution in [3.05, 3.63) is 40.0 Å². The molecular formula is C12H11FIN3. The molecule has 3 nitrogen and oxygen atoms in total. The maximum absolute atomic E-state index is 13.1. The van der Waals surface area contributed by atoms with Gasteiger partial charge in [-0.05, 0) is 53.6 Å². The van der Waals surface area contributed by atoms with Gasteiger partial charge in [0.25, 0.3) is 0 Å². The lowest BCUT2D eigenvalue weighted by atomic mass is 10.3. The van der Waals surface area contributed by atoms with Crippen LogP contribution in [0.15, 0.2) is 30.6 Å². The smallest absolute Gasteiger partial charge is 0.207 e. The Morgan fingerprint density at radius 1 is 1.41 bits per heavy atom. The van der Waals surface area contributed by atoms with Crippen molar-refractivity contribution in [3.63, 3.8) is 0 Å². The number of nitrogens with zero attached hydrogens (tertiary/aromatic N) is 2. The highest BCUT2D eigenvalue weighted by atomic mass is 127. The molecule has 88 valence electrons. The van der Waals surface area contributed by atoms with E-state index in [0.717, 1.165) is 15.2 Å². The first-order valence-electron chi connectivity index (χ1n) is 5.49. The molecule has 0 aliphatic heterocycles. The minimum Gasteiger partial charge on any atom is -0.353 e. The average Bonchev–Trinajstić information content (AvgIpc) is 2.97. The van der Waals surface area contributed by atoms with Crippen LogP contribution >= 0.6 is 22.6 Å². The van der Waals surface area contributed by atoms with Crippen LogP contribution in [0.4, 0.5) is 10.3 Å². The molecule has 1 N–H and O–H groups in total. The third-order valence-electron chi connectivity index (χ3n) is 2.72. The molecule has 0 atom stereocenters. The highest BCUT2D eigenvalue weighted by Crippen LogP contribution is 2.26. The van der Waals surface area contributed by atoms with E-state index in [-0.39, 0.29) is 5.82 Å². The van der Waals surface area contributed by atoms with Gasteiger partial charge in [0.1, 0.15) is 5.82 Å². The van der Waals surface area contributed by atoms with Crippen LogP contribution in [-0.4, -0.2) is 15.6 Å². The zero-order valence-electron chi connectivity index (χ0n) is 9.03. The summed E-state index contributed by atoms with van der Waals surface area (Å²) < 4.78 is 15.9. The van der Waals surface area contributed by atoms with Crippen molar-refractivity contribution >= 4 is 28.5 Å². The maximum Gasteiger partial charge on any atom is 0.207 e. The first-order chi connectivity index (χ1) is 8.24. The maximum atomic E-state index is 13.1. The van der Waals surface area contributed by atoms with E-state index in [4.69, 9.17) is 0 Å². The summed E-state index contributed by atoms with van der Waals surface area (Å²) in [5.74, 6) is 0.618. The van der Waals surface area contributed by atoms with E-state index in [1.165, 1.54) is 25.0 Å². The Kier molecular flexibility index (Phi) is 2.78. The van der Waals surface area contributed by atoms with Gasteiger partial charge in [0.15, 0.2) is 0 Å². The van der Waals surface area contributed by atoms with Crippen molar-refractivity contribution in [1.29, 1.82) is 0 Å². The second kappa shape index (κ2) is 4.29. The molecule has 17 heavy (non-hydrogen) atoms. The highest BCUT2D eigenvalue weighted by molar-refractivity contribution is 14.1. The van der Waals surface area contributed by atoms with Crippen LogP contribution in [-0.2, 0) is 0 Å². The number of imidazole rings is 1. The van der Waals surface area contributed by atoms with E-state index in [9.17, 15) is 4.39 Å². The molecule has 2 aromatic rings. The van der Waals surface area contributed by atoms with Gasteiger partial charge in [0.05, 0.1) is 5.69 Å². The minimum atomic E-state index is -0.213. The van der Waals surface area contributed by atoms with Gasteiger partial charge in [-0.15, -0.1) is 0 Å². The first-order valence-corrected chi connectivity index (χ1v) is 6.57. The predicted octanol–water partition coefficient (Wildman–Crippen LogP) is 3.19. The molecule has 1 aliphatic rings. The Balaban J connectivity index is 1.99. The molecule has 1 heterocycles. The Labute approximate surface area is 112 Å². The van der Waals surface area contributed by atoms with Crippen LogP contribution in [0.25, 0.3) is 5.69 Å². The van der Waals surface area contributed by atoms with Crippen molar-refractivity contribution in [2.24, 2.45) is 0 Å². The molecular weight excluding hydrogens is 332 g/mol. The van der Waals surface area contributed by atoms with Crippen molar-refractivity contribution in [2.75, 3.05) is 5.32 Å². The monoisotopic (exact) mass is 343 g/mol. The molecule has 0 amide bonds. The molecule has 0 unspecified atom stereocenters. The largest absolute Gasteiger partial charge is 0.353 e. The topological polar surface area (TPSA) is 29.9 Å². The minimum absolute atomic E-state index is 0.213. The van der Waals surface area contributed by atoms with E-state index in [1.54, 1.807) is 12.3 Å². The number of rotatable bonds is 3. The van der Waals surface area contributed by atoms with Gasteiger partial charge in [-0.1, -0.05) is 0 Å². The highest BCUT2D eigenvalue weighted by Gasteiger charge is 2.23. The molecule has 3 rings (SSSR count). The number of benzene rings is 1. The zero-order valence-corrected chi connectivity index (χ0v) is 11.2. The standard InChI is InChI=1S/C12H11FIN3/c13-8-1-4-11(10(14)7-8)17-6-5-15-12(17)16-9-2-3-9/h1,4-7,9H,2-3H2,(H,15,16). The summed E-state index contributed by atoms with van der Waals surface area (Å²) in [4.78, 5) is 4.29. The normalized spacial score (nSPS) is 14.9. The van der Waals surface area contributed by atoms with Crippen LogP contribution < -0.4 is 5.32 Å². The molecule has 0 saturated heterocycles. The SMILES string of the molecule is Fc1ccc(-n2ccnc2NC2CC2)c(I)c1. The van der Waals surface area contributed by atoms with E-state index in [1.807, 2.05) is 10.8 Å². The van der Waals surface area contributed by atoms with Crippen molar-refractivity contribution in [3.8, 4) is 5.69 Å². The molecule has 1 aliphatic carbocycles. The fourth-order valence-electron chi connectivity index (χ4n) is 1.69. The Morgan fingerprint density at radius 2 is 2.24 bits per heavy atom. The quantitative estimate of drug-likeness (QED) is 0.868. The van der Waals surface area contributed by atoms with Crippen LogP contribution in [0, 0.1) is 9.39 Å². The number of hydrogen-bond donors (Lipinski definition) is 1. The molecule has 1 aromatic carbocycles. The average molecular weight is 343 g/mol. The van der Waals surface area contributed by atoms with Crippen LogP contribution in [0.5, 0.6) is 0 Å². The lowest BCUT2D eigenvalue weighted by Crippen LogP contribution is -2.08. The first kappa shape index (κ1) is 11.0. The third kappa shape index (κ3) is 2.29. The lowest BCUT2D eigenvalue weighted by Gasteiger charge is -2.10. The van der Waals surface area contributed by atoms with Gasteiger partial charge in [-0.25, -0.2) is 9.37 Å². The molecule has 0 spiro atoms. The number of halogens is 2. The number of aromatic nitrogens is 2. The number of nitrogens with one attached hydrogen (secondary N) is 1. The summed E-state index contributed by atoms with van der Waals surface area (Å²) in [5, 5.41) is 3.36. The summed E-state index contributed by atoms with van der Waals surface area (Å²) in [6.45, 7) is 0. The fraction of sp³-hybridized carbons (Fsp3) is 0.250. The fourth-order valence-corrected chi connectivity index (χ4v) is 2.43. The van der Waals surface area contributed by atoms with Gasteiger partial charge in [0, 0.05) is 22.0 Å². The molecule has 5 heteroatoms. The second-order valence-corrected chi connectivity index (χ2v) is 5.30. The van der Waals surface area contributed by atoms with Gasteiger partial charge < -0.3 is 5.32 Å². The lowest BCUT2D eigenvalue weighted by molar-refractivity contribution is 0.626. The van der Waals surface area contributed by atoms with Gasteiger partial charge in [-0.2, -0.15) is 0 Å². The number of anilines is 1. The van der Waals surface area contributed by atoms with Crippen molar-refractivity contribution < 1.29 is 4.39 Å². The summed E-state index contributed by atoms with van der Waals surface area (Å²) in [5.41, 5.74) is 0.952. The molecule has 0 bridgehead atoms. The van der Waals surface area contributed by atoms with Crippen LogP contribution in [0.2, 0.25) is 0 Å². The molecule has 0 radical (unpaired) electrons.